The summed E-state index contributed by atoms with van der Waals surface area (Å²) in [6.45, 7) is 0.704. The number of hydrogen-bond donors (Lipinski definition) is 1. The summed E-state index contributed by atoms with van der Waals surface area (Å²) in [7, 11) is -3.35. The van der Waals surface area contributed by atoms with Gasteiger partial charge in [0, 0.05) is 30.7 Å². The molecule has 1 N–H and O–H groups in total. The lowest BCUT2D eigenvalue weighted by Gasteiger charge is -2.36. The van der Waals surface area contributed by atoms with Crippen LogP contribution in [0.1, 0.15) is 82.4 Å². The van der Waals surface area contributed by atoms with E-state index >= 15 is 0 Å². The minimum Gasteiger partial charge on any atom is -0.334 e. The average Bonchev–Trinajstić information content (AvgIpc) is 3.01. The Bertz CT molecular complexity index is 1000. The van der Waals surface area contributed by atoms with E-state index in [1.165, 1.54) is 11.0 Å². The highest BCUT2D eigenvalue weighted by molar-refractivity contribution is 7.88. The Hall–Kier alpha value is -2.26. The van der Waals surface area contributed by atoms with Gasteiger partial charge in [0.15, 0.2) is 0 Å². The maximum Gasteiger partial charge on any atom is 0.261 e. The molecule has 0 spiro atoms. The largest absolute Gasteiger partial charge is 0.334 e. The van der Waals surface area contributed by atoms with Gasteiger partial charge >= 0.3 is 0 Å². The fraction of sp³-hybridized carbons (Fsp3) is 0.591. The van der Waals surface area contributed by atoms with Crippen molar-refractivity contribution >= 4 is 27.7 Å². The van der Waals surface area contributed by atoms with Crippen LogP contribution in [-0.4, -0.2) is 67.4 Å². The number of nitrogens with one attached hydrogen (secondary N) is 1. The molecular weight excluding hydrogens is 418 g/mol. The molecule has 4 rings (SSSR count). The van der Waals surface area contributed by atoms with Gasteiger partial charge in [-0.05, 0) is 50.3 Å². The predicted octanol–water partition coefficient (Wildman–Crippen LogP) is 2.16. The van der Waals surface area contributed by atoms with Gasteiger partial charge in [0.25, 0.3) is 17.7 Å². The molecule has 1 atom stereocenters. The first-order valence-corrected chi connectivity index (χ1v) is 12.9. The van der Waals surface area contributed by atoms with Gasteiger partial charge in [0.2, 0.25) is 10.0 Å². The van der Waals surface area contributed by atoms with Crippen LogP contribution in [0.3, 0.4) is 0 Å². The molecule has 0 radical (unpaired) electrons. The SMILES string of the molecule is CS(=O)(=O)NCC1CCCCN1C(=O)c1ccc2c(c1)C(=O)N(C1CCCCC1)C2=O. The van der Waals surface area contributed by atoms with Crippen molar-refractivity contribution in [3.05, 3.63) is 34.9 Å². The number of nitrogens with zero attached hydrogens (tertiary/aromatic N) is 2. The Kier molecular flexibility index (Phi) is 6.16. The van der Waals surface area contributed by atoms with Crippen molar-refractivity contribution in [1.82, 2.24) is 14.5 Å². The number of sulfonamides is 1. The first kappa shape index (κ1) is 22.0. The zero-order chi connectivity index (χ0) is 22.2. The topological polar surface area (TPSA) is 104 Å². The predicted molar refractivity (Wildman–Crippen MR) is 115 cm³/mol. The molecule has 1 unspecified atom stereocenters. The monoisotopic (exact) mass is 447 g/mol. The Labute approximate surface area is 183 Å². The van der Waals surface area contributed by atoms with Crippen molar-refractivity contribution in [2.24, 2.45) is 0 Å². The molecule has 1 aromatic carbocycles. The van der Waals surface area contributed by atoms with Crippen LogP contribution < -0.4 is 4.72 Å². The second-order valence-corrected chi connectivity index (χ2v) is 10.6. The number of imide groups is 1. The van der Waals surface area contributed by atoms with Gasteiger partial charge in [0.05, 0.1) is 17.4 Å². The van der Waals surface area contributed by atoms with Crippen molar-refractivity contribution < 1.29 is 22.8 Å². The van der Waals surface area contributed by atoms with E-state index in [0.29, 0.717) is 29.7 Å². The van der Waals surface area contributed by atoms with Gasteiger partial charge in [-0.1, -0.05) is 19.3 Å². The van der Waals surface area contributed by atoms with Gasteiger partial charge in [-0.15, -0.1) is 0 Å². The summed E-state index contributed by atoms with van der Waals surface area (Å²) >= 11 is 0. The van der Waals surface area contributed by atoms with E-state index < -0.39 is 10.0 Å². The van der Waals surface area contributed by atoms with E-state index in [1.54, 1.807) is 17.0 Å². The number of benzene rings is 1. The van der Waals surface area contributed by atoms with E-state index in [1.807, 2.05) is 0 Å². The number of carbonyl (C=O) groups excluding carboxylic acids is 3. The number of likely N-dealkylation sites (tertiary alicyclic amines) is 1. The number of piperidine rings is 1. The first-order valence-electron chi connectivity index (χ1n) is 11.0. The molecule has 0 aromatic heterocycles. The molecule has 1 aromatic rings. The van der Waals surface area contributed by atoms with E-state index in [0.717, 1.165) is 51.2 Å². The quantitative estimate of drug-likeness (QED) is 0.697. The molecule has 9 heteroatoms. The van der Waals surface area contributed by atoms with Crippen LogP contribution in [0.25, 0.3) is 0 Å². The van der Waals surface area contributed by atoms with Crippen LogP contribution in [0.4, 0.5) is 0 Å². The summed E-state index contributed by atoms with van der Waals surface area (Å²) in [5, 5.41) is 0. The summed E-state index contributed by atoms with van der Waals surface area (Å²) in [5.74, 6) is -0.811. The Balaban J connectivity index is 1.55. The maximum atomic E-state index is 13.2. The third-order valence-corrected chi connectivity index (χ3v) is 7.26. The van der Waals surface area contributed by atoms with Crippen LogP contribution in [0.15, 0.2) is 18.2 Å². The zero-order valence-corrected chi connectivity index (χ0v) is 18.6. The average molecular weight is 448 g/mol. The van der Waals surface area contributed by atoms with Crippen LogP contribution in [0.2, 0.25) is 0 Å². The lowest BCUT2D eigenvalue weighted by atomic mass is 9.94. The summed E-state index contributed by atoms with van der Waals surface area (Å²) in [6.07, 6.45) is 8.41. The Morgan fingerprint density at radius 3 is 2.39 bits per heavy atom. The van der Waals surface area contributed by atoms with Gasteiger partial charge in [-0.2, -0.15) is 0 Å². The second-order valence-electron chi connectivity index (χ2n) is 8.80. The van der Waals surface area contributed by atoms with E-state index in [-0.39, 0.29) is 36.3 Å². The Morgan fingerprint density at radius 2 is 1.68 bits per heavy atom. The molecule has 168 valence electrons. The number of hydrogen-bond acceptors (Lipinski definition) is 5. The van der Waals surface area contributed by atoms with Gasteiger partial charge < -0.3 is 4.90 Å². The number of amides is 3. The standard InChI is InChI=1S/C22H29N3O5S/c1-31(29,30)23-14-17-9-5-6-12-24(17)20(26)15-10-11-18-19(13-15)22(28)25(21(18)27)16-7-3-2-4-8-16/h10-11,13,16-17,23H,2-9,12,14H2,1H3. The Morgan fingerprint density at radius 1 is 1.00 bits per heavy atom. The van der Waals surface area contributed by atoms with Crippen LogP contribution >= 0.6 is 0 Å². The minimum absolute atomic E-state index is 0.0613. The van der Waals surface area contributed by atoms with Gasteiger partial charge in [-0.3, -0.25) is 19.3 Å². The molecule has 0 bridgehead atoms. The highest BCUT2D eigenvalue weighted by Gasteiger charge is 2.41. The van der Waals surface area contributed by atoms with E-state index in [2.05, 4.69) is 4.72 Å². The van der Waals surface area contributed by atoms with E-state index in [9.17, 15) is 22.8 Å². The molecule has 2 heterocycles. The fourth-order valence-corrected chi connectivity index (χ4v) is 5.45. The summed E-state index contributed by atoms with van der Waals surface area (Å²) in [6, 6.07) is 4.43. The van der Waals surface area contributed by atoms with Crippen molar-refractivity contribution in [3.8, 4) is 0 Å². The molecule has 1 saturated heterocycles. The van der Waals surface area contributed by atoms with E-state index in [4.69, 9.17) is 0 Å². The number of fused-ring (bicyclic) bond motifs is 1. The molecule has 31 heavy (non-hydrogen) atoms. The summed E-state index contributed by atoms with van der Waals surface area (Å²) < 4.78 is 25.5. The lowest BCUT2D eigenvalue weighted by molar-refractivity contribution is 0.0548. The normalized spacial score (nSPS) is 22.7. The first-order chi connectivity index (χ1) is 14.8. The number of rotatable bonds is 5. The third-order valence-electron chi connectivity index (χ3n) is 6.57. The highest BCUT2D eigenvalue weighted by Crippen LogP contribution is 2.32. The fourth-order valence-electron chi connectivity index (χ4n) is 4.96. The summed E-state index contributed by atoms with van der Waals surface area (Å²) in [4.78, 5) is 42.2. The van der Waals surface area contributed by atoms with Crippen LogP contribution in [0.5, 0.6) is 0 Å². The highest BCUT2D eigenvalue weighted by atomic mass is 32.2. The molecule has 3 aliphatic rings. The second kappa shape index (κ2) is 8.70. The molecule has 2 aliphatic heterocycles. The minimum atomic E-state index is -3.35. The smallest absolute Gasteiger partial charge is 0.261 e. The molecule has 1 aliphatic carbocycles. The molecule has 3 amide bonds. The van der Waals surface area contributed by atoms with Crippen molar-refractivity contribution in [3.63, 3.8) is 0 Å². The zero-order valence-electron chi connectivity index (χ0n) is 17.8. The third kappa shape index (κ3) is 4.52. The number of carbonyl (C=O) groups is 3. The molecule has 8 nitrogen and oxygen atoms in total. The molecular formula is C22H29N3O5S. The summed E-state index contributed by atoms with van der Waals surface area (Å²) in [5.41, 5.74) is 1.02. The van der Waals surface area contributed by atoms with Crippen molar-refractivity contribution in [1.29, 1.82) is 0 Å². The maximum absolute atomic E-state index is 13.2. The molecule has 2 fully saturated rings. The molecule has 1 saturated carbocycles. The van der Waals surface area contributed by atoms with Crippen molar-refractivity contribution in [2.45, 2.75) is 63.5 Å². The van der Waals surface area contributed by atoms with Gasteiger partial charge in [0.1, 0.15) is 0 Å². The lowest BCUT2D eigenvalue weighted by Crippen LogP contribution is -2.49. The van der Waals surface area contributed by atoms with Gasteiger partial charge in [-0.25, -0.2) is 13.1 Å². The van der Waals surface area contributed by atoms with Crippen molar-refractivity contribution in [2.75, 3.05) is 19.3 Å². The van der Waals surface area contributed by atoms with Crippen LogP contribution in [-0.2, 0) is 10.0 Å². The van der Waals surface area contributed by atoms with Crippen LogP contribution in [0, 0.1) is 0 Å².